The van der Waals surface area contributed by atoms with Crippen molar-refractivity contribution in [1.82, 2.24) is 19.9 Å². The van der Waals surface area contributed by atoms with E-state index >= 15 is 0 Å². The monoisotopic (exact) mass is 370 g/mol. The van der Waals surface area contributed by atoms with E-state index < -0.39 is 15.8 Å². The van der Waals surface area contributed by atoms with Gasteiger partial charge >= 0.3 is 10.2 Å². The van der Waals surface area contributed by atoms with E-state index in [-0.39, 0.29) is 36.1 Å². The van der Waals surface area contributed by atoms with Gasteiger partial charge in [0.25, 0.3) is 5.56 Å². The Labute approximate surface area is 143 Å². The second kappa shape index (κ2) is 6.99. The maximum Gasteiger partial charge on any atom is 0.301 e. The lowest BCUT2D eigenvalue weighted by Crippen LogP contribution is -2.40. The molecule has 0 unspecified atom stereocenters. The molecule has 0 fully saturated rings. The summed E-state index contributed by atoms with van der Waals surface area (Å²) in [4.78, 5) is 24.9. The number of imidazole rings is 1. The molecule has 0 atom stereocenters. The van der Waals surface area contributed by atoms with E-state index in [1.807, 2.05) is 30.3 Å². The fourth-order valence-corrected chi connectivity index (χ4v) is 2.85. The Bertz CT molecular complexity index is 986. The number of rotatable bonds is 5. The average molecular weight is 371 g/mol. The number of anilines is 1. The van der Waals surface area contributed by atoms with Crippen molar-refractivity contribution >= 4 is 39.7 Å². The molecule has 3 rings (SSSR count). The van der Waals surface area contributed by atoms with Gasteiger partial charge in [-0.15, -0.1) is 12.4 Å². The summed E-state index contributed by atoms with van der Waals surface area (Å²) in [6.07, 6.45) is 1.72. The number of aromatic nitrogens is 4. The standard InChI is InChI=1S/C13H14N6O3S.ClH/c14-23(21,22)19(7-6-9-4-2-1-3-5-9)13-17-11-10(12(20)18-13)15-8-16-11;/h1-5,8H,6-7H2,(H2,14,21,22)(H2,15,16,17,18,20);1H. The van der Waals surface area contributed by atoms with Crippen LogP contribution in [0.5, 0.6) is 0 Å². The highest BCUT2D eigenvalue weighted by atomic mass is 35.5. The van der Waals surface area contributed by atoms with Crippen LogP contribution >= 0.6 is 12.4 Å². The Morgan fingerprint density at radius 3 is 2.58 bits per heavy atom. The lowest BCUT2D eigenvalue weighted by atomic mass is 10.1. The Morgan fingerprint density at radius 1 is 1.21 bits per heavy atom. The Morgan fingerprint density at radius 2 is 1.92 bits per heavy atom. The molecule has 2 heterocycles. The summed E-state index contributed by atoms with van der Waals surface area (Å²) in [5.41, 5.74) is 0.712. The Balaban J connectivity index is 0.00000208. The second-order valence-corrected chi connectivity index (χ2v) is 6.31. The molecule has 4 N–H and O–H groups in total. The maximum absolute atomic E-state index is 11.9. The normalized spacial score (nSPS) is 11.2. The number of nitrogens with two attached hydrogens (primary N) is 1. The predicted octanol–water partition coefficient (Wildman–Crippen LogP) is 0.321. The molecule has 0 radical (unpaired) electrons. The third-order valence-electron chi connectivity index (χ3n) is 3.27. The summed E-state index contributed by atoms with van der Waals surface area (Å²) in [6, 6.07) is 9.31. The molecule has 0 aliphatic heterocycles. The van der Waals surface area contributed by atoms with Crippen LogP contribution in [0.4, 0.5) is 5.95 Å². The SMILES string of the molecule is Cl.NS(=O)(=O)N(CCc1ccccc1)c1nc2nc[nH]c2c(=O)[nH]1. The number of aromatic amines is 2. The van der Waals surface area contributed by atoms with E-state index in [0.717, 1.165) is 9.87 Å². The maximum atomic E-state index is 11.9. The minimum absolute atomic E-state index is 0. The Hall–Kier alpha value is -2.43. The quantitative estimate of drug-likeness (QED) is 0.593. The minimum Gasteiger partial charge on any atom is -0.339 e. The third-order valence-corrected chi connectivity index (χ3v) is 4.24. The number of nitrogens with one attached hydrogen (secondary N) is 2. The first-order valence-corrected chi connectivity index (χ1v) is 8.23. The van der Waals surface area contributed by atoms with Gasteiger partial charge in [-0.1, -0.05) is 30.3 Å². The molecule has 0 saturated carbocycles. The van der Waals surface area contributed by atoms with Crippen molar-refractivity contribution < 1.29 is 8.42 Å². The van der Waals surface area contributed by atoms with Gasteiger partial charge in [0.05, 0.1) is 6.33 Å². The zero-order chi connectivity index (χ0) is 16.4. The number of fused-ring (bicyclic) bond motifs is 1. The van der Waals surface area contributed by atoms with Crippen LogP contribution in [-0.4, -0.2) is 34.9 Å². The topological polar surface area (TPSA) is 138 Å². The lowest BCUT2D eigenvalue weighted by Gasteiger charge is -2.19. The van der Waals surface area contributed by atoms with Crippen molar-refractivity contribution in [3.63, 3.8) is 0 Å². The van der Waals surface area contributed by atoms with Crippen LogP contribution in [0.2, 0.25) is 0 Å². The number of hydrogen-bond acceptors (Lipinski definition) is 5. The molecule has 3 aromatic rings. The van der Waals surface area contributed by atoms with Crippen molar-refractivity contribution in [1.29, 1.82) is 0 Å². The number of hydrogen-bond donors (Lipinski definition) is 3. The molecule has 1 aromatic carbocycles. The summed E-state index contributed by atoms with van der Waals surface area (Å²) >= 11 is 0. The van der Waals surface area contributed by atoms with E-state index in [4.69, 9.17) is 5.14 Å². The molecule has 9 nitrogen and oxygen atoms in total. The molecular formula is C13H15ClN6O3S. The van der Waals surface area contributed by atoms with Gasteiger partial charge in [-0.05, 0) is 12.0 Å². The van der Waals surface area contributed by atoms with Crippen LogP contribution in [0, 0.1) is 0 Å². The number of benzene rings is 1. The number of halogens is 1. The van der Waals surface area contributed by atoms with Gasteiger partial charge in [0.15, 0.2) is 11.2 Å². The molecular weight excluding hydrogens is 356 g/mol. The molecule has 0 amide bonds. The zero-order valence-corrected chi connectivity index (χ0v) is 14.0. The van der Waals surface area contributed by atoms with Crippen LogP contribution in [0.15, 0.2) is 41.5 Å². The lowest BCUT2D eigenvalue weighted by molar-refractivity contribution is 0.591. The zero-order valence-electron chi connectivity index (χ0n) is 12.3. The highest BCUT2D eigenvalue weighted by molar-refractivity contribution is 7.90. The van der Waals surface area contributed by atoms with E-state index in [2.05, 4.69) is 19.9 Å². The number of nitrogens with zero attached hydrogens (tertiary/aromatic N) is 3. The van der Waals surface area contributed by atoms with Crippen molar-refractivity contribution in [2.24, 2.45) is 5.14 Å². The van der Waals surface area contributed by atoms with Gasteiger partial charge < -0.3 is 4.98 Å². The smallest absolute Gasteiger partial charge is 0.301 e. The fraction of sp³-hybridized carbons (Fsp3) is 0.154. The summed E-state index contributed by atoms with van der Waals surface area (Å²) in [5.74, 6) is -0.159. The Kier molecular flexibility index (Phi) is 5.22. The highest BCUT2D eigenvalue weighted by Gasteiger charge is 2.21. The minimum atomic E-state index is -4.09. The first-order chi connectivity index (χ1) is 10.9. The predicted molar refractivity (Wildman–Crippen MR) is 92.4 cm³/mol. The summed E-state index contributed by atoms with van der Waals surface area (Å²) in [6.45, 7) is 0.0434. The molecule has 0 bridgehead atoms. The molecule has 11 heteroatoms. The van der Waals surface area contributed by atoms with Gasteiger partial charge in [-0.25, -0.2) is 14.4 Å². The van der Waals surface area contributed by atoms with Crippen LogP contribution < -0.4 is 15.0 Å². The van der Waals surface area contributed by atoms with Crippen LogP contribution in [0.1, 0.15) is 5.56 Å². The summed E-state index contributed by atoms with van der Waals surface area (Å²) < 4.78 is 24.6. The van der Waals surface area contributed by atoms with E-state index in [0.29, 0.717) is 6.42 Å². The van der Waals surface area contributed by atoms with Crippen molar-refractivity contribution in [3.05, 3.63) is 52.6 Å². The number of H-pyrrole nitrogens is 2. The van der Waals surface area contributed by atoms with E-state index in [1.54, 1.807) is 0 Å². The van der Waals surface area contributed by atoms with Gasteiger partial charge in [0, 0.05) is 6.54 Å². The third kappa shape index (κ3) is 3.72. The molecule has 0 saturated heterocycles. The average Bonchev–Trinajstić information content (AvgIpc) is 2.96. The highest BCUT2D eigenvalue weighted by Crippen LogP contribution is 2.12. The van der Waals surface area contributed by atoms with Crippen molar-refractivity contribution in [2.75, 3.05) is 10.8 Å². The van der Waals surface area contributed by atoms with Gasteiger partial charge in [-0.3, -0.25) is 9.78 Å². The van der Waals surface area contributed by atoms with Gasteiger partial charge in [0.2, 0.25) is 5.95 Å². The fourth-order valence-electron chi connectivity index (χ4n) is 2.18. The molecule has 0 spiro atoms. The molecule has 128 valence electrons. The van der Waals surface area contributed by atoms with Crippen LogP contribution in [0.25, 0.3) is 11.2 Å². The van der Waals surface area contributed by atoms with Gasteiger partial charge in [-0.2, -0.15) is 13.4 Å². The molecule has 0 aliphatic carbocycles. The van der Waals surface area contributed by atoms with E-state index in [9.17, 15) is 13.2 Å². The first kappa shape index (κ1) is 17.9. The second-order valence-electron chi connectivity index (χ2n) is 4.84. The summed E-state index contributed by atoms with van der Waals surface area (Å²) in [7, 11) is -4.09. The van der Waals surface area contributed by atoms with Crippen molar-refractivity contribution in [2.45, 2.75) is 6.42 Å². The van der Waals surface area contributed by atoms with Crippen LogP contribution in [0.3, 0.4) is 0 Å². The molecule has 24 heavy (non-hydrogen) atoms. The first-order valence-electron chi connectivity index (χ1n) is 6.73. The van der Waals surface area contributed by atoms with Crippen molar-refractivity contribution in [3.8, 4) is 0 Å². The molecule has 0 aliphatic rings. The van der Waals surface area contributed by atoms with Gasteiger partial charge in [0.1, 0.15) is 0 Å². The van der Waals surface area contributed by atoms with Crippen LogP contribution in [-0.2, 0) is 16.6 Å². The molecule has 2 aromatic heterocycles. The largest absolute Gasteiger partial charge is 0.339 e. The summed E-state index contributed by atoms with van der Waals surface area (Å²) in [5, 5.41) is 5.25. The van der Waals surface area contributed by atoms with E-state index in [1.165, 1.54) is 6.33 Å².